The summed E-state index contributed by atoms with van der Waals surface area (Å²) in [6, 6.07) is 0.0229. The molecule has 0 bridgehead atoms. The quantitative estimate of drug-likeness (QED) is 0.389. The number of esters is 1. The van der Waals surface area contributed by atoms with Crippen LogP contribution < -0.4 is 5.32 Å². The maximum atomic E-state index is 12.7. The van der Waals surface area contributed by atoms with Crippen LogP contribution in [0.5, 0.6) is 0 Å². The van der Waals surface area contributed by atoms with E-state index >= 15 is 0 Å². The van der Waals surface area contributed by atoms with Crippen molar-refractivity contribution in [3.8, 4) is 0 Å². The zero-order valence-corrected chi connectivity index (χ0v) is 20.2. The lowest BCUT2D eigenvalue weighted by Gasteiger charge is -2.38. The highest BCUT2D eigenvalue weighted by atomic mass is 28.4. The van der Waals surface area contributed by atoms with Crippen molar-refractivity contribution in [2.24, 2.45) is 0 Å². The topological polar surface area (TPSA) is 77.1 Å². The van der Waals surface area contributed by atoms with E-state index in [-0.39, 0.29) is 35.8 Å². The summed E-state index contributed by atoms with van der Waals surface area (Å²) < 4.78 is 16.8. The molecule has 0 saturated carbocycles. The fraction of sp³-hybridized carbons (Fsp3) is 0.900. The number of carbonyl (C=O) groups excluding carboxylic acids is 2. The third-order valence-corrected chi connectivity index (χ3v) is 9.96. The Morgan fingerprint density at radius 1 is 1.14 bits per heavy atom. The average molecular weight is 417 g/mol. The maximum absolute atomic E-state index is 12.7. The molecule has 0 aliphatic carbocycles. The van der Waals surface area contributed by atoms with Gasteiger partial charge >= 0.3 is 12.1 Å². The summed E-state index contributed by atoms with van der Waals surface area (Å²) in [7, 11) is -0.555. The van der Waals surface area contributed by atoms with Crippen LogP contribution in [0.4, 0.5) is 4.79 Å². The first-order valence-corrected chi connectivity index (χ1v) is 13.0. The van der Waals surface area contributed by atoms with Crippen LogP contribution >= 0.6 is 0 Å². The molecule has 7 nitrogen and oxygen atoms in total. The Kier molecular flexibility index (Phi) is 8.53. The number of ether oxygens (including phenoxy) is 2. The predicted molar refractivity (Wildman–Crippen MR) is 113 cm³/mol. The van der Waals surface area contributed by atoms with Crippen LogP contribution in [0.3, 0.4) is 0 Å². The molecule has 2 atom stereocenters. The van der Waals surface area contributed by atoms with Crippen LogP contribution in [0, 0.1) is 0 Å². The van der Waals surface area contributed by atoms with Gasteiger partial charge < -0.3 is 24.1 Å². The summed E-state index contributed by atoms with van der Waals surface area (Å²) in [4.78, 5) is 25.8. The molecule has 1 aliphatic heterocycles. The van der Waals surface area contributed by atoms with Gasteiger partial charge in [-0.1, -0.05) is 20.8 Å². The lowest BCUT2D eigenvalue weighted by atomic mass is 10.1. The molecule has 1 fully saturated rings. The molecule has 1 heterocycles. The Balaban J connectivity index is 2.77. The molecule has 1 saturated heterocycles. The van der Waals surface area contributed by atoms with Crippen molar-refractivity contribution in [1.82, 2.24) is 10.2 Å². The molecule has 0 unspecified atom stereocenters. The number of hydrogen-bond acceptors (Lipinski definition) is 6. The largest absolute Gasteiger partial charge is 0.468 e. The first-order chi connectivity index (χ1) is 12.7. The molecule has 8 heteroatoms. The first kappa shape index (κ1) is 24.9. The molecule has 0 spiro atoms. The van der Waals surface area contributed by atoms with Gasteiger partial charge in [-0.2, -0.15) is 0 Å². The first-order valence-electron chi connectivity index (χ1n) is 10.1. The Hall–Kier alpha value is -1.12. The summed E-state index contributed by atoms with van der Waals surface area (Å²) >= 11 is 0. The van der Waals surface area contributed by atoms with E-state index in [1.807, 2.05) is 20.8 Å². The summed E-state index contributed by atoms with van der Waals surface area (Å²) in [5.41, 5.74) is -0.539. The van der Waals surface area contributed by atoms with Gasteiger partial charge in [-0.05, 0) is 58.3 Å². The van der Waals surface area contributed by atoms with Crippen molar-refractivity contribution in [3.05, 3.63) is 0 Å². The Morgan fingerprint density at radius 2 is 1.75 bits per heavy atom. The molecule has 1 N–H and O–H groups in total. The van der Waals surface area contributed by atoms with Gasteiger partial charge in [0.2, 0.25) is 0 Å². The molecule has 0 radical (unpaired) electrons. The van der Waals surface area contributed by atoms with Gasteiger partial charge in [-0.3, -0.25) is 4.79 Å². The van der Waals surface area contributed by atoms with Crippen LogP contribution in [-0.2, 0) is 18.7 Å². The maximum Gasteiger partial charge on any atom is 0.410 e. The Bertz CT molecular complexity index is 540. The monoisotopic (exact) mass is 416 g/mol. The number of rotatable bonds is 7. The van der Waals surface area contributed by atoms with Gasteiger partial charge in [0.15, 0.2) is 8.32 Å². The van der Waals surface area contributed by atoms with E-state index < -0.39 is 13.9 Å². The molecule has 1 amide bonds. The molecule has 0 aromatic heterocycles. The number of carbonyl (C=O) groups is 2. The Labute approximate surface area is 171 Å². The minimum atomic E-state index is -1.92. The lowest BCUT2D eigenvalue weighted by molar-refractivity contribution is -0.139. The normalized spacial score (nSPS) is 21.0. The molecular weight excluding hydrogens is 376 g/mol. The molecule has 0 aromatic rings. The van der Waals surface area contributed by atoms with Crippen LogP contribution in [0.2, 0.25) is 18.1 Å². The number of nitrogens with one attached hydrogen (secondary N) is 1. The second-order valence-electron chi connectivity index (χ2n) is 10.1. The molecule has 28 heavy (non-hydrogen) atoms. The number of amides is 1. The molecule has 1 aliphatic rings. The number of likely N-dealkylation sites (tertiary alicyclic amines) is 1. The zero-order valence-electron chi connectivity index (χ0n) is 19.2. The highest BCUT2D eigenvalue weighted by molar-refractivity contribution is 6.74. The second kappa shape index (κ2) is 9.58. The third-order valence-electron chi connectivity index (χ3n) is 5.42. The number of methoxy groups -OCH3 is 1. The van der Waals surface area contributed by atoms with Crippen LogP contribution in [0.15, 0.2) is 0 Å². The highest BCUT2D eigenvalue weighted by Crippen LogP contribution is 2.39. The zero-order chi connectivity index (χ0) is 21.8. The number of nitrogens with zero attached hydrogens (tertiary/aromatic N) is 1. The highest BCUT2D eigenvalue weighted by Gasteiger charge is 2.44. The van der Waals surface area contributed by atoms with E-state index in [9.17, 15) is 9.59 Å². The van der Waals surface area contributed by atoms with E-state index in [1.54, 1.807) is 4.90 Å². The standard InChI is InChI=1S/C20H40N2O5Si/c1-19(2,3)26-18(24)22-14-16(27-28(8,9)20(4,5)6)12-15(22)10-11-21-13-17(23)25-7/h15-16,21H,10-14H2,1-9H3/t15-,16+/m0/s1. The predicted octanol–water partition coefficient (Wildman–Crippen LogP) is 3.54. The fourth-order valence-electron chi connectivity index (χ4n) is 2.90. The fourth-order valence-corrected chi connectivity index (χ4v) is 4.26. The smallest absolute Gasteiger partial charge is 0.410 e. The molecular formula is C20H40N2O5Si. The van der Waals surface area contributed by atoms with Crippen LogP contribution in [0.1, 0.15) is 54.4 Å². The van der Waals surface area contributed by atoms with E-state index in [0.717, 1.165) is 12.8 Å². The lowest BCUT2D eigenvalue weighted by Crippen LogP contribution is -2.45. The van der Waals surface area contributed by atoms with E-state index in [0.29, 0.717) is 13.1 Å². The van der Waals surface area contributed by atoms with Crippen molar-refractivity contribution in [1.29, 1.82) is 0 Å². The van der Waals surface area contributed by atoms with Gasteiger partial charge in [0.1, 0.15) is 5.60 Å². The van der Waals surface area contributed by atoms with Crippen LogP contribution in [-0.4, -0.2) is 69.8 Å². The molecule has 1 rings (SSSR count). The van der Waals surface area contributed by atoms with Crippen LogP contribution in [0.25, 0.3) is 0 Å². The van der Waals surface area contributed by atoms with Crippen molar-refractivity contribution in [3.63, 3.8) is 0 Å². The van der Waals surface area contributed by atoms with Crippen molar-refractivity contribution >= 4 is 20.4 Å². The number of hydrogen-bond donors (Lipinski definition) is 1. The third kappa shape index (κ3) is 7.71. The minimum Gasteiger partial charge on any atom is -0.468 e. The van der Waals surface area contributed by atoms with Gasteiger partial charge in [0.25, 0.3) is 0 Å². The Morgan fingerprint density at radius 3 is 2.25 bits per heavy atom. The van der Waals surface area contributed by atoms with Gasteiger partial charge in [-0.15, -0.1) is 0 Å². The molecule has 0 aromatic carbocycles. The van der Waals surface area contributed by atoms with Gasteiger partial charge in [-0.25, -0.2) is 4.79 Å². The summed E-state index contributed by atoms with van der Waals surface area (Å²) in [5, 5.41) is 3.19. The van der Waals surface area contributed by atoms with Crippen molar-refractivity contribution in [2.45, 2.75) is 90.3 Å². The van der Waals surface area contributed by atoms with E-state index in [1.165, 1.54) is 7.11 Å². The summed E-state index contributed by atoms with van der Waals surface area (Å²) in [5.74, 6) is -0.297. The molecule has 164 valence electrons. The van der Waals surface area contributed by atoms with Gasteiger partial charge in [0, 0.05) is 12.6 Å². The SMILES string of the molecule is COC(=O)CNCC[C@H]1C[C@@H](O[Si](C)(C)C(C)(C)C)CN1C(=O)OC(C)(C)C. The van der Waals surface area contributed by atoms with Gasteiger partial charge in [0.05, 0.1) is 19.8 Å². The summed E-state index contributed by atoms with van der Waals surface area (Å²) in [6.45, 7) is 18.1. The van der Waals surface area contributed by atoms with Crippen molar-refractivity contribution in [2.75, 3.05) is 26.7 Å². The second-order valence-corrected chi connectivity index (χ2v) is 14.8. The average Bonchev–Trinajstić information content (AvgIpc) is 2.90. The van der Waals surface area contributed by atoms with E-state index in [2.05, 4.69) is 43.9 Å². The minimum absolute atomic E-state index is 0.0130. The van der Waals surface area contributed by atoms with E-state index in [4.69, 9.17) is 9.16 Å². The summed E-state index contributed by atoms with van der Waals surface area (Å²) in [6.07, 6.45) is 1.23. The van der Waals surface area contributed by atoms with Crippen molar-refractivity contribution < 1.29 is 23.5 Å².